The van der Waals surface area contributed by atoms with E-state index in [-0.39, 0.29) is 6.61 Å². The molecule has 0 amide bonds. The molecule has 7 heteroatoms. The van der Waals surface area contributed by atoms with E-state index in [0.717, 1.165) is 0 Å². The second kappa shape index (κ2) is 3.25. The van der Waals surface area contributed by atoms with Crippen molar-refractivity contribution in [2.24, 2.45) is 0 Å². The smallest absolute Gasteiger partial charge is 0.292 e. The van der Waals surface area contributed by atoms with E-state index >= 15 is 0 Å². The van der Waals surface area contributed by atoms with E-state index < -0.39 is 19.3 Å². The van der Waals surface area contributed by atoms with Crippen molar-refractivity contribution in [3.8, 4) is 0 Å². The molecule has 1 unspecified atom stereocenters. The Hall–Kier alpha value is 0.0200. The average Bonchev–Trinajstić information content (AvgIpc) is 1.65. The third-order valence-corrected chi connectivity index (χ3v) is 2.65. The third kappa shape index (κ3) is 2.89. The van der Waals surface area contributed by atoms with E-state index in [2.05, 4.69) is 4.18 Å². The van der Waals surface area contributed by atoms with E-state index in [0.29, 0.717) is 0 Å². The third-order valence-electron chi connectivity index (χ3n) is 0.437. The lowest BCUT2D eigenvalue weighted by molar-refractivity contribution is 0.346. The van der Waals surface area contributed by atoms with Crippen molar-refractivity contribution in [3.63, 3.8) is 0 Å². The minimum absolute atomic E-state index is 0.130. The molecule has 0 aliphatic rings. The van der Waals surface area contributed by atoms with Crippen LogP contribution in [0, 0.1) is 0 Å². The van der Waals surface area contributed by atoms with Gasteiger partial charge < -0.3 is 0 Å². The summed E-state index contributed by atoms with van der Waals surface area (Å²) in [5, 5.41) is 0. The molecule has 0 aliphatic carbocycles. The molecule has 0 saturated carbocycles. The molecule has 0 heterocycles. The molecule has 0 bridgehead atoms. The minimum atomic E-state index is -4.22. The summed E-state index contributed by atoms with van der Waals surface area (Å²) >= 11 is 0. The van der Waals surface area contributed by atoms with Gasteiger partial charge in [-0.05, 0) is 6.92 Å². The number of hydrogen-bond acceptors (Lipinski definition) is 4. The maximum Gasteiger partial charge on any atom is 0.375 e. The fourth-order valence-electron chi connectivity index (χ4n) is 0.185. The standard InChI is InChI=1S/C2H6O5S2/c1-2-7-9(5,6)8(3)4/h2H2,1H3,(H,3,4). The summed E-state index contributed by atoms with van der Waals surface area (Å²) < 4.78 is 42.0. The van der Waals surface area contributed by atoms with Crippen LogP contribution in [-0.4, -0.2) is 23.8 Å². The van der Waals surface area contributed by atoms with Gasteiger partial charge in [0.1, 0.15) is 0 Å². The highest BCUT2D eigenvalue weighted by Crippen LogP contribution is 1.95. The van der Waals surface area contributed by atoms with Crippen LogP contribution in [0.3, 0.4) is 0 Å². The van der Waals surface area contributed by atoms with Crippen molar-refractivity contribution in [2.45, 2.75) is 6.92 Å². The lowest BCUT2D eigenvalue weighted by Crippen LogP contribution is -2.10. The van der Waals surface area contributed by atoms with E-state index in [4.69, 9.17) is 4.55 Å². The second-order valence-corrected chi connectivity index (χ2v) is 4.60. The zero-order valence-corrected chi connectivity index (χ0v) is 6.24. The van der Waals surface area contributed by atoms with Gasteiger partial charge >= 0.3 is 19.3 Å². The summed E-state index contributed by atoms with van der Waals surface area (Å²) in [6, 6.07) is 0. The van der Waals surface area contributed by atoms with Crippen LogP contribution in [0.15, 0.2) is 0 Å². The van der Waals surface area contributed by atoms with Gasteiger partial charge in [-0.25, -0.2) is 4.21 Å². The van der Waals surface area contributed by atoms with Gasteiger partial charge in [-0.3, -0.25) is 8.74 Å². The molecular weight excluding hydrogens is 168 g/mol. The van der Waals surface area contributed by atoms with E-state index in [9.17, 15) is 12.6 Å². The van der Waals surface area contributed by atoms with Crippen LogP contribution in [0.1, 0.15) is 6.92 Å². The SMILES string of the molecule is CCOS(=O)(=O)S(=O)O. The molecule has 0 aromatic carbocycles. The van der Waals surface area contributed by atoms with Crippen molar-refractivity contribution in [1.29, 1.82) is 0 Å². The van der Waals surface area contributed by atoms with Crippen LogP contribution in [0.25, 0.3) is 0 Å². The maximum atomic E-state index is 10.2. The first-order valence-electron chi connectivity index (χ1n) is 2.01. The molecule has 0 rings (SSSR count). The van der Waals surface area contributed by atoms with E-state index in [1.54, 1.807) is 0 Å². The van der Waals surface area contributed by atoms with Gasteiger partial charge in [0.15, 0.2) is 0 Å². The van der Waals surface area contributed by atoms with Gasteiger partial charge in [0.25, 0.3) is 0 Å². The molecule has 0 aromatic rings. The van der Waals surface area contributed by atoms with Crippen molar-refractivity contribution in [3.05, 3.63) is 0 Å². The van der Waals surface area contributed by atoms with Gasteiger partial charge in [-0.15, -0.1) is 0 Å². The lowest BCUT2D eigenvalue weighted by atomic mass is 10.9. The van der Waals surface area contributed by atoms with E-state index in [1.165, 1.54) is 6.92 Å². The Kier molecular flexibility index (Phi) is 3.26. The zero-order valence-electron chi connectivity index (χ0n) is 4.60. The first kappa shape index (κ1) is 9.02. The Morgan fingerprint density at radius 2 is 2.11 bits per heavy atom. The molecule has 0 aliphatic heterocycles. The molecule has 1 atom stereocenters. The predicted octanol–water partition coefficient (Wildman–Crippen LogP) is -0.511. The van der Waals surface area contributed by atoms with Gasteiger partial charge in [-0.1, -0.05) is 0 Å². The molecule has 5 nitrogen and oxygen atoms in total. The Morgan fingerprint density at radius 1 is 1.67 bits per heavy atom. The van der Waals surface area contributed by atoms with Crippen molar-refractivity contribution in [2.75, 3.05) is 6.61 Å². The van der Waals surface area contributed by atoms with Crippen LogP contribution < -0.4 is 0 Å². The van der Waals surface area contributed by atoms with Crippen LogP contribution in [0.2, 0.25) is 0 Å². The quantitative estimate of drug-likeness (QED) is 0.460. The molecule has 56 valence electrons. The summed E-state index contributed by atoms with van der Waals surface area (Å²) in [6.45, 7) is 1.28. The van der Waals surface area contributed by atoms with Gasteiger partial charge in [-0.2, -0.15) is 8.42 Å². The highest BCUT2D eigenvalue weighted by molar-refractivity contribution is 8.59. The Morgan fingerprint density at radius 3 is 2.22 bits per heavy atom. The van der Waals surface area contributed by atoms with Crippen molar-refractivity contribution >= 4 is 19.3 Å². The summed E-state index contributed by atoms with van der Waals surface area (Å²) in [7, 11) is -7.15. The summed E-state index contributed by atoms with van der Waals surface area (Å²) in [6.07, 6.45) is 0. The zero-order chi connectivity index (χ0) is 7.49. The number of rotatable bonds is 3. The molecular formula is C2H6O5S2. The molecule has 1 N–H and O–H groups in total. The topological polar surface area (TPSA) is 80.7 Å². The predicted molar refractivity (Wildman–Crippen MR) is 31.3 cm³/mol. The second-order valence-electron chi connectivity index (χ2n) is 1.03. The Bertz CT molecular complexity index is 191. The minimum Gasteiger partial charge on any atom is -0.292 e. The normalized spacial score (nSPS) is 15.3. The average molecular weight is 174 g/mol. The Balaban J connectivity index is 4.23. The summed E-state index contributed by atoms with van der Waals surface area (Å²) in [4.78, 5) is 0. The van der Waals surface area contributed by atoms with Crippen LogP contribution in [0.4, 0.5) is 0 Å². The first-order chi connectivity index (χ1) is 4.00. The van der Waals surface area contributed by atoms with Gasteiger partial charge in [0.05, 0.1) is 6.61 Å². The first-order valence-corrected chi connectivity index (χ1v) is 5.04. The molecule has 0 spiro atoms. The fraction of sp³-hybridized carbons (Fsp3) is 1.00. The lowest BCUT2D eigenvalue weighted by Gasteiger charge is -1.94. The maximum absolute atomic E-state index is 10.2. The highest BCUT2D eigenvalue weighted by atomic mass is 33.2. The molecule has 0 radical (unpaired) electrons. The monoisotopic (exact) mass is 174 g/mol. The van der Waals surface area contributed by atoms with Crippen molar-refractivity contribution in [1.82, 2.24) is 0 Å². The molecule has 0 aromatic heterocycles. The summed E-state index contributed by atoms with van der Waals surface area (Å²) in [5.41, 5.74) is 0. The van der Waals surface area contributed by atoms with Crippen molar-refractivity contribution < 1.29 is 21.4 Å². The molecule has 0 saturated heterocycles. The van der Waals surface area contributed by atoms with E-state index in [1.807, 2.05) is 0 Å². The fourth-order valence-corrected chi connectivity index (χ4v) is 1.09. The van der Waals surface area contributed by atoms with Gasteiger partial charge in [0.2, 0.25) is 0 Å². The number of hydrogen-bond donors (Lipinski definition) is 1. The highest BCUT2D eigenvalue weighted by Gasteiger charge is 2.16. The molecule has 9 heavy (non-hydrogen) atoms. The summed E-state index contributed by atoms with van der Waals surface area (Å²) in [5.74, 6) is 0. The van der Waals surface area contributed by atoms with Gasteiger partial charge in [0, 0.05) is 0 Å². The Labute approximate surface area is 54.8 Å². The van der Waals surface area contributed by atoms with Crippen LogP contribution in [-0.2, 0) is 23.4 Å². The van der Waals surface area contributed by atoms with Crippen LogP contribution >= 0.6 is 0 Å². The molecule has 0 fully saturated rings. The van der Waals surface area contributed by atoms with Crippen LogP contribution in [0.5, 0.6) is 0 Å². The largest absolute Gasteiger partial charge is 0.375 e.